The van der Waals surface area contributed by atoms with Crippen molar-refractivity contribution in [1.82, 2.24) is 10.2 Å². The van der Waals surface area contributed by atoms with Crippen LogP contribution in [0.4, 0.5) is 0 Å². The van der Waals surface area contributed by atoms with E-state index in [0.29, 0.717) is 22.7 Å². The van der Waals surface area contributed by atoms with Crippen molar-refractivity contribution in [1.29, 1.82) is 0 Å². The van der Waals surface area contributed by atoms with Crippen LogP contribution in [0, 0.1) is 16.7 Å². The minimum atomic E-state index is -0.224. The summed E-state index contributed by atoms with van der Waals surface area (Å²) in [4.78, 5) is 16.2. The van der Waals surface area contributed by atoms with Crippen LogP contribution < -0.4 is 5.32 Å². The molecule has 4 rings (SSSR count). The maximum atomic E-state index is 12.8. The van der Waals surface area contributed by atoms with E-state index in [0.717, 1.165) is 19.4 Å². The first-order valence-electron chi connectivity index (χ1n) is 7.92. The topological polar surface area (TPSA) is 32.3 Å². The first kappa shape index (κ1) is 13.8. The second-order valence-corrected chi connectivity index (χ2v) is 9.08. The van der Waals surface area contributed by atoms with E-state index in [1.54, 1.807) is 11.3 Å². The van der Waals surface area contributed by atoms with Gasteiger partial charge in [-0.05, 0) is 41.0 Å². The molecular formula is C17H24N2OS. The van der Waals surface area contributed by atoms with Crippen LogP contribution >= 0.6 is 11.3 Å². The van der Waals surface area contributed by atoms with Gasteiger partial charge in [0.05, 0.1) is 0 Å². The molecule has 2 heterocycles. The SMILES string of the molecule is CC1(C)C(CN2C(=O)C3(CC3)NC2c2cccs2)C1(C)C. The quantitative estimate of drug-likeness (QED) is 0.928. The summed E-state index contributed by atoms with van der Waals surface area (Å²) in [5.74, 6) is 0.923. The molecule has 0 bridgehead atoms. The van der Waals surface area contributed by atoms with Gasteiger partial charge in [-0.25, -0.2) is 0 Å². The molecule has 1 aromatic rings. The van der Waals surface area contributed by atoms with Crippen LogP contribution in [0.1, 0.15) is 51.6 Å². The van der Waals surface area contributed by atoms with E-state index in [1.165, 1.54) is 4.88 Å². The zero-order valence-electron chi connectivity index (χ0n) is 13.3. The van der Waals surface area contributed by atoms with Crippen molar-refractivity contribution in [3.63, 3.8) is 0 Å². The number of carbonyl (C=O) groups is 1. The van der Waals surface area contributed by atoms with Crippen molar-refractivity contribution in [2.45, 2.75) is 52.2 Å². The molecule has 1 spiro atoms. The maximum Gasteiger partial charge on any atom is 0.244 e. The number of thiophene rings is 1. The summed E-state index contributed by atoms with van der Waals surface area (Å²) in [5, 5.41) is 5.72. The summed E-state index contributed by atoms with van der Waals surface area (Å²) in [5.41, 5.74) is 0.428. The van der Waals surface area contributed by atoms with Crippen LogP contribution in [0.15, 0.2) is 17.5 Å². The fourth-order valence-electron chi connectivity index (χ4n) is 4.12. The van der Waals surface area contributed by atoms with Crippen LogP contribution in [0.25, 0.3) is 0 Å². The Morgan fingerprint density at radius 3 is 2.43 bits per heavy atom. The van der Waals surface area contributed by atoms with E-state index in [2.05, 4.69) is 55.4 Å². The Morgan fingerprint density at radius 2 is 1.95 bits per heavy atom. The third kappa shape index (κ3) is 1.72. The summed E-state index contributed by atoms with van der Waals surface area (Å²) in [6, 6.07) is 4.22. The zero-order valence-corrected chi connectivity index (χ0v) is 14.1. The molecule has 3 aliphatic rings. The van der Waals surface area contributed by atoms with Crippen LogP contribution in [0.2, 0.25) is 0 Å². The van der Waals surface area contributed by atoms with Crippen molar-refractivity contribution in [2.24, 2.45) is 16.7 Å². The van der Waals surface area contributed by atoms with Gasteiger partial charge in [0.2, 0.25) is 5.91 Å². The van der Waals surface area contributed by atoms with Gasteiger partial charge in [-0.1, -0.05) is 33.8 Å². The number of hydrogen-bond acceptors (Lipinski definition) is 3. The molecule has 114 valence electrons. The molecule has 1 saturated heterocycles. The Labute approximate surface area is 130 Å². The summed E-state index contributed by atoms with van der Waals surface area (Å²) in [6.07, 6.45) is 2.09. The van der Waals surface area contributed by atoms with E-state index < -0.39 is 0 Å². The number of hydrogen-bond donors (Lipinski definition) is 1. The average molecular weight is 304 g/mol. The molecule has 1 atom stereocenters. The van der Waals surface area contributed by atoms with Crippen molar-refractivity contribution in [3.05, 3.63) is 22.4 Å². The average Bonchev–Trinajstić information content (AvgIpc) is 3.05. The predicted octanol–water partition coefficient (Wildman–Crippen LogP) is 3.39. The van der Waals surface area contributed by atoms with Gasteiger partial charge in [-0.2, -0.15) is 0 Å². The normalized spacial score (nSPS) is 31.9. The highest BCUT2D eigenvalue weighted by Gasteiger charge is 2.67. The number of carbonyl (C=O) groups excluding carboxylic acids is 1. The first-order chi connectivity index (χ1) is 9.80. The summed E-state index contributed by atoms with van der Waals surface area (Å²) < 4.78 is 0. The van der Waals surface area contributed by atoms with Gasteiger partial charge in [-0.3, -0.25) is 10.1 Å². The first-order valence-corrected chi connectivity index (χ1v) is 8.80. The van der Waals surface area contributed by atoms with E-state index in [-0.39, 0.29) is 11.7 Å². The lowest BCUT2D eigenvalue weighted by atomic mass is 10.0. The molecular weight excluding hydrogens is 280 g/mol. The molecule has 1 N–H and O–H groups in total. The van der Waals surface area contributed by atoms with Crippen LogP contribution in [0.5, 0.6) is 0 Å². The van der Waals surface area contributed by atoms with E-state index in [9.17, 15) is 4.79 Å². The van der Waals surface area contributed by atoms with Gasteiger partial charge >= 0.3 is 0 Å². The third-order valence-electron chi connectivity index (χ3n) is 6.66. The van der Waals surface area contributed by atoms with Crippen LogP contribution in [-0.2, 0) is 4.79 Å². The summed E-state index contributed by atoms with van der Waals surface area (Å²) in [6.45, 7) is 10.2. The largest absolute Gasteiger partial charge is 0.320 e. The lowest BCUT2D eigenvalue weighted by Crippen LogP contribution is -2.34. The molecule has 2 aliphatic carbocycles. The van der Waals surface area contributed by atoms with E-state index in [1.807, 2.05) is 0 Å². The molecule has 1 aliphatic heterocycles. The monoisotopic (exact) mass is 304 g/mol. The molecule has 3 nitrogen and oxygen atoms in total. The molecule has 4 heteroatoms. The summed E-state index contributed by atoms with van der Waals surface area (Å²) >= 11 is 1.75. The van der Waals surface area contributed by atoms with Crippen LogP contribution in [-0.4, -0.2) is 22.9 Å². The van der Waals surface area contributed by atoms with E-state index in [4.69, 9.17) is 0 Å². The standard InChI is InChI=1S/C17H24N2OS/c1-15(2)12(16(15,3)4)10-19-13(11-6-5-9-21-11)18-17(7-8-17)14(19)20/h5-6,9,12-13,18H,7-8,10H2,1-4H3. The number of amides is 1. The molecule has 1 amide bonds. The fourth-order valence-corrected chi connectivity index (χ4v) is 4.91. The third-order valence-corrected chi connectivity index (χ3v) is 7.58. The second kappa shape index (κ2) is 3.90. The van der Waals surface area contributed by atoms with E-state index >= 15 is 0 Å². The summed E-state index contributed by atoms with van der Waals surface area (Å²) in [7, 11) is 0. The lowest BCUT2D eigenvalue weighted by molar-refractivity contribution is -0.131. The number of nitrogens with zero attached hydrogens (tertiary/aromatic N) is 1. The van der Waals surface area contributed by atoms with Gasteiger partial charge in [0.1, 0.15) is 11.7 Å². The van der Waals surface area contributed by atoms with Crippen molar-refractivity contribution in [3.8, 4) is 0 Å². The molecule has 0 radical (unpaired) electrons. The highest BCUT2D eigenvalue weighted by molar-refractivity contribution is 7.10. The Bertz CT molecular complexity index is 572. The fraction of sp³-hybridized carbons (Fsp3) is 0.706. The maximum absolute atomic E-state index is 12.8. The Hall–Kier alpha value is -0.870. The lowest BCUT2D eigenvalue weighted by Gasteiger charge is -2.24. The van der Waals surface area contributed by atoms with Crippen molar-refractivity contribution < 1.29 is 4.79 Å². The molecule has 1 aromatic heterocycles. The molecule has 1 unspecified atom stereocenters. The number of nitrogens with one attached hydrogen (secondary N) is 1. The predicted molar refractivity (Wildman–Crippen MR) is 84.9 cm³/mol. The zero-order chi connectivity index (χ0) is 15.0. The van der Waals surface area contributed by atoms with Crippen molar-refractivity contribution in [2.75, 3.05) is 6.54 Å². The highest BCUT2D eigenvalue weighted by Crippen LogP contribution is 2.69. The second-order valence-electron chi connectivity index (χ2n) is 8.10. The Balaban J connectivity index is 1.61. The highest BCUT2D eigenvalue weighted by atomic mass is 32.1. The van der Waals surface area contributed by atoms with Gasteiger partial charge in [0, 0.05) is 11.4 Å². The van der Waals surface area contributed by atoms with Gasteiger partial charge < -0.3 is 4.90 Å². The van der Waals surface area contributed by atoms with Gasteiger partial charge in [0.15, 0.2) is 0 Å². The molecule has 3 fully saturated rings. The molecule has 0 aromatic carbocycles. The van der Waals surface area contributed by atoms with Crippen LogP contribution in [0.3, 0.4) is 0 Å². The number of rotatable bonds is 3. The molecule has 21 heavy (non-hydrogen) atoms. The smallest absolute Gasteiger partial charge is 0.244 e. The van der Waals surface area contributed by atoms with Crippen molar-refractivity contribution >= 4 is 17.2 Å². The minimum absolute atomic E-state index is 0.0900. The molecule has 2 saturated carbocycles. The minimum Gasteiger partial charge on any atom is -0.320 e. The van der Waals surface area contributed by atoms with Gasteiger partial charge in [-0.15, -0.1) is 11.3 Å². The Kier molecular flexibility index (Phi) is 2.56. The Morgan fingerprint density at radius 1 is 1.29 bits per heavy atom. The van der Waals surface area contributed by atoms with Gasteiger partial charge in [0.25, 0.3) is 0 Å².